The van der Waals surface area contributed by atoms with E-state index >= 15 is 0 Å². The molecule has 4 rings (SSSR count). The summed E-state index contributed by atoms with van der Waals surface area (Å²) in [5, 5.41) is 3.99. The number of halogens is 4. The second-order valence-electron chi connectivity index (χ2n) is 10.2. The van der Waals surface area contributed by atoms with E-state index in [-0.39, 0.29) is 39.1 Å². The maximum absolute atomic E-state index is 14.1. The lowest BCUT2D eigenvalue weighted by Crippen LogP contribution is -2.53. The molecule has 0 radical (unpaired) electrons. The first-order chi connectivity index (χ1) is 20.0. The van der Waals surface area contributed by atoms with E-state index in [1.54, 1.807) is 43.3 Å². The monoisotopic (exact) mass is 669 g/mol. The summed E-state index contributed by atoms with van der Waals surface area (Å²) in [7, 11) is -4.29. The van der Waals surface area contributed by atoms with Crippen molar-refractivity contribution in [1.29, 1.82) is 0 Å². The first-order valence-electron chi connectivity index (χ1n) is 13.5. The zero-order valence-corrected chi connectivity index (χ0v) is 26.7. The Balaban J connectivity index is 1.73. The molecule has 2 amide bonds. The van der Waals surface area contributed by atoms with Crippen LogP contribution in [-0.4, -0.2) is 43.8 Å². The number of sulfonamides is 1. The number of anilines is 1. The second-order valence-corrected chi connectivity index (χ2v) is 13.7. The van der Waals surface area contributed by atoms with Crippen LogP contribution in [0.4, 0.5) is 5.69 Å². The van der Waals surface area contributed by atoms with Crippen LogP contribution in [0, 0.1) is 0 Å². The molecule has 12 heteroatoms. The van der Waals surface area contributed by atoms with Crippen molar-refractivity contribution < 1.29 is 18.0 Å². The molecule has 42 heavy (non-hydrogen) atoms. The first-order valence-corrected chi connectivity index (χ1v) is 16.5. The maximum Gasteiger partial charge on any atom is 0.264 e. The average Bonchev–Trinajstić information content (AvgIpc) is 2.97. The number of hydrogen-bond donors (Lipinski definition) is 1. The van der Waals surface area contributed by atoms with E-state index < -0.39 is 28.5 Å². The van der Waals surface area contributed by atoms with Crippen LogP contribution in [0.1, 0.15) is 44.6 Å². The Hall–Kier alpha value is -2.49. The van der Waals surface area contributed by atoms with Gasteiger partial charge in [-0.15, -0.1) is 0 Å². The molecule has 0 aliphatic heterocycles. The zero-order chi connectivity index (χ0) is 30.4. The van der Waals surface area contributed by atoms with Crippen molar-refractivity contribution >= 4 is 73.9 Å². The third kappa shape index (κ3) is 7.71. The SMILES string of the molecule is C[C@H](C(=O)NC1CCCCC1)N(Cc1c(Cl)cccc1Cl)C(=O)CN(c1cc(Cl)ccc1Cl)S(=O)(=O)c1ccccc1. The van der Waals surface area contributed by atoms with E-state index in [4.69, 9.17) is 46.4 Å². The van der Waals surface area contributed by atoms with Crippen LogP contribution in [0.25, 0.3) is 0 Å². The molecule has 1 N–H and O–H groups in total. The minimum absolute atomic E-state index is 0.00905. The van der Waals surface area contributed by atoms with Gasteiger partial charge in [0.05, 0.1) is 15.6 Å². The maximum atomic E-state index is 14.1. The highest BCUT2D eigenvalue weighted by atomic mass is 35.5. The molecule has 0 unspecified atom stereocenters. The van der Waals surface area contributed by atoms with Crippen LogP contribution in [0.3, 0.4) is 0 Å². The average molecular weight is 671 g/mol. The van der Waals surface area contributed by atoms with E-state index in [0.29, 0.717) is 15.6 Å². The van der Waals surface area contributed by atoms with Gasteiger partial charge in [-0.05, 0) is 62.2 Å². The Bertz CT molecular complexity index is 1510. The number of carbonyl (C=O) groups excluding carboxylic acids is 2. The van der Waals surface area contributed by atoms with Crippen molar-refractivity contribution in [3.8, 4) is 0 Å². The topological polar surface area (TPSA) is 86.8 Å². The highest BCUT2D eigenvalue weighted by Crippen LogP contribution is 2.34. The van der Waals surface area contributed by atoms with Crippen LogP contribution in [0.5, 0.6) is 0 Å². The van der Waals surface area contributed by atoms with Crippen molar-refractivity contribution in [1.82, 2.24) is 10.2 Å². The molecule has 0 spiro atoms. The van der Waals surface area contributed by atoms with E-state index in [2.05, 4.69) is 5.32 Å². The molecule has 1 aliphatic carbocycles. The van der Waals surface area contributed by atoms with Crippen LogP contribution in [0.2, 0.25) is 20.1 Å². The quantitative estimate of drug-likeness (QED) is 0.244. The van der Waals surface area contributed by atoms with Crippen LogP contribution in [-0.2, 0) is 26.2 Å². The molecule has 1 saturated carbocycles. The molecule has 0 saturated heterocycles. The standard InChI is InChI=1S/C30H31Cl4N3O4S/c1-20(30(39)35-22-9-4-2-5-10-22)36(18-24-25(32)13-8-14-26(24)33)29(38)19-37(28-17-21(31)15-16-27(28)34)42(40,41)23-11-6-3-7-12-23/h3,6-8,11-17,20,22H,2,4-5,9-10,18-19H2,1H3,(H,35,39)/t20-/m1/s1. The predicted octanol–water partition coefficient (Wildman–Crippen LogP) is 7.36. The van der Waals surface area contributed by atoms with Crippen molar-refractivity contribution in [2.75, 3.05) is 10.8 Å². The lowest BCUT2D eigenvalue weighted by atomic mass is 9.95. The molecule has 3 aromatic carbocycles. The third-order valence-corrected chi connectivity index (χ3v) is 10.3. The second kappa shape index (κ2) is 14.3. The van der Waals surface area contributed by atoms with Crippen molar-refractivity contribution in [2.24, 2.45) is 0 Å². The minimum Gasteiger partial charge on any atom is -0.352 e. The van der Waals surface area contributed by atoms with Gasteiger partial charge >= 0.3 is 0 Å². The van der Waals surface area contributed by atoms with Crippen molar-refractivity contribution in [3.05, 3.63) is 92.4 Å². The van der Waals surface area contributed by atoms with Crippen LogP contribution >= 0.6 is 46.4 Å². The van der Waals surface area contributed by atoms with Gasteiger partial charge in [0.25, 0.3) is 10.0 Å². The van der Waals surface area contributed by atoms with E-state index in [0.717, 1.165) is 36.4 Å². The van der Waals surface area contributed by atoms with Gasteiger partial charge in [0, 0.05) is 33.2 Å². The van der Waals surface area contributed by atoms with E-state index in [1.807, 2.05) is 0 Å². The number of carbonyl (C=O) groups is 2. The number of nitrogens with zero attached hydrogens (tertiary/aromatic N) is 2. The summed E-state index contributed by atoms with van der Waals surface area (Å²) >= 11 is 25.6. The van der Waals surface area contributed by atoms with Crippen LogP contribution in [0.15, 0.2) is 71.6 Å². The Morgan fingerprint density at radius 2 is 1.52 bits per heavy atom. The Morgan fingerprint density at radius 3 is 2.17 bits per heavy atom. The molecule has 0 bridgehead atoms. The van der Waals surface area contributed by atoms with Gasteiger partial charge in [0.15, 0.2) is 0 Å². The van der Waals surface area contributed by atoms with Gasteiger partial charge in [-0.3, -0.25) is 13.9 Å². The lowest BCUT2D eigenvalue weighted by molar-refractivity contribution is -0.139. The molecular formula is C30H31Cl4N3O4S. The van der Waals surface area contributed by atoms with Crippen molar-refractivity contribution in [3.63, 3.8) is 0 Å². The van der Waals surface area contributed by atoms with E-state index in [1.165, 1.54) is 35.2 Å². The summed E-state index contributed by atoms with van der Waals surface area (Å²) < 4.78 is 28.7. The molecule has 0 aromatic heterocycles. The molecule has 3 aromatic rings. The summed E-state index contributed by atoms with van der Waals surface area (Å²) in [6.07, 6.45) is 4.88. The molecule has 7 nitrogen and oxygen atoms in total. The fourth-order valence-electron chi connectivity index (χ4n) is 4.92. The highest BCUT2D eigenvalue weighted by Gasteiger charge is 2.34. The van der Waals surface area contributed by atoms with E-state index in [9.17, 15) is 18.0 Å². The first kappa shape index (κ1) is 32.4. The highest BCUT2D eigenvalue weighted by molar-refractivity contribution is 7.92. The summed E-state index contributed by atoms with van der Waals surface area (Å²) in [5.74, 6) is -1.01. The number of nitrogens with one attached hydrogen (secondary N) is 1. The predicted molar refractivity (Wildman–Crippen MR) is 169 cm³/mol. The summed E-state index contributed by atoms with van der Waals surface area (Å²) in [6, 6.07) is 16.0. The normalized spacial score (nSPS) is 14.7. The number of amides is 2. The molecule has 1 aliphatic rings. The molecule has 1 atom stereocenters. The summed E-state index contributed by atoms with van der Waals surface area (Å²) in [4.78, 5) is 28.8. The Morgan fingerprint density at radius 1 is 0.881 bits per heavy atom. The van der Waals surface area contributed by atoms with Crippen LogP contribution < -0.4 is 9.62 Å². The number of rotatable bonds is 10. The molecular weight excluding hydrogens is 640 g/mol. The fourth-order valence-corrected chi connectivity index (χ4v) is 7.31. The fraction of sp³-hybridized carbons (Fsp3) is 0.333. The smallest absolute Gasteiger partial charge is 0.264 e. The summed E-state index contributed by atoms with van der Waals surface area (Å²) in [6.45, 7) is 0.808. The Labute approximate surface area is 266 Å². The van der Waals surface area contributed by atoms with Gasteiger partial charge in [-0.1, -0.05) is 89.9 Å². The molecule has 0 heterocycles. The van der Waals surface area contributed by atoms with Gasteiger partial charge in [0.2, 0.25) is 11.8 Å². The van der Waals surface area contributed by atoms with Gasteiger partial charge < -0.3 is 10.2 Å². The third-order valence-electron chi connectivity index (χ3n) is 7.30. The Kier molecular flexibility index (Phi) is 11.1. The minimum atomic E-state index is -4.29. The van der Waals surface area contributed by atoms with Crippen molar-refractivity contribution in [2.45, 2.75) is 62.6 Å². The van der Waals surface area contributed by atoms with Gasteiger partial charge in [-0.25, -0.2) is 8.42 Å². The molecule has 1 fully saturated rings. The number of hydrogen-bond acceptors (Lipinski definition) is 4. The summed E-state index contributed by atoms with van der Waals surface area (Å²) in [5.41, 5.74) is 0.459. The lowest BCUT2D eigenvalue weighted by Gasteiger charge is -2.33. The molecule has 224 valence electrons. The largest absolute Gasteiger partial charge is 0.352 e. The zero-order valence-electron chi connectivity index (χ0n) is 22.9. The van der Waals surface area contributed by atoms with Gasteiger partial charge in [0.1, 0.15) is 12.6 Å². The van der Waals surface area contributed by atoms with Gasteiger partial charge in [-0.2, -0.15) is 0 Å². The number of benzene rings is 3.